The average Bonchev–Trinajstić information content (AvgIpc) is 2.27. The first kappa shape index (κ1) is 15.0. The lowest BCUT2D eigenvalue weighted by Crippen LogP contribution is -2.33. The molecule has 1 aromatic carbocycles. The van der Waals surface area contributed by atoms with Crippen molar-refractivity contribution in [3.63, 3.8) is 0 Å². The van der Waals surface area contributed by atoms with Crippen molar-refractivity contribution in [2.24, 2.45) is 11.1 Å². The second-order valence-corrected chi connectivity index (χ2v) is 6.56. The lowest BCUT2D eigenvalue weighted by molar-refractivity contribution is 0.327. The maximum atomic E-state index is 6.42. The van der Waals surface area contributed by atoms with E-state index in [9.17, 15) is 0 Å². The molecule has 1 unspecified atom stereocenters. The molecule has 0 radical (unpaired) electrons. The first-order chi connectivity index (χ1) is 8.24. The van der Waals surface area contributed by atoms with Crippen LogP contribution in [0.2, 0.25) is 0 Å². The highest BCUT2D eigenvalue weighted by Crippen LogP contribution is 2.29. The standard InChI is InChI=1S/C16H27NO/c1-15(2,3)11-6-12-16(4,17)13-7-9-14(18-5)10-8-13/h7-10H,6,11-12,17H2,1-5H3. The summed E-state index contributed by atoms with van der Waals surface area (Å²) >= 11 is 0. The molecule has 1 atom stereocenters. The van der Waals surface area contributed by atoms with E-state index in [0.717, 1.165) is 18.6 Å². The first-order valence-electron chi connectivity index (χ1n) is 6.68. The Labute approximate surface area is 112 Å². The van der Waals surface area contributed by atoms with Gasteiger partial charge in [-0.3, -0.25) is 0 Å². The molecule has 0 amide bonds. The highest BCUT2D eigenvalue weighted by molar-refractivity contribution is 5.31. The third-order valence-electron chi connectivity index (χ3n) is 3.37. The summed E-state index contributed by atoms with van der Waals surface area (Å²) in [5.74, 6) is 0.879. The molecule has 2 nitrogen and oxygen atoms in total. The lowest BCUT2D eigenvalue weighted by atomic mass is 9.83. The monoisotopic (exact) mass is 249 g/mol. The van der Waals surface area contributed by atoms with Crippen molar-refractivity contribution >= 4 is 0 Å². The summed E-state index contributed by atoms with van der Waals surface area (Å²) in [5.41, 5.74) is 7.73. The van der Waals surface area contributed by atoms with E-state index in [-0.39, 0.29) is 5.54 Å². The maximum absolute atomic E-state index is 6.42. The smallest absolute Gasteiger partial charge is 0.118 e. The highest BCUT2D eigenvalue weighted by Gasteiger charge is 2.22. The van der Waals surface area contributed by atoms with Crippen LogP contribution in [0.15, 0.2) is 24.3 Å². The molecule has 0 saturated carbocycles. The first-order valence-corrected chi connectivity index (χ1v) is 6.68. The van der Waals surface area contributed by atoms with Crippen molar-refractivity contribution in [3.8, 4) is 5.75 Å². The van der Waals surface area contributed by atoms with Crippen LogP contribution in [-0.4, -0.2) is 7.11 Å². The van der Waals surface area contributed by atoms with E-state index in [2.05, 4.69) is 39.8 Å². The summed E-state index contributed by atoms with van der Waals surface area (Å²) in [6.07, 6.45) is 3.37. The molecule has 0 bridgehead atoms. The van der Waals surface area contributed by atoms with Crippen molar-refractivity contribution in [2.75, 3.05) is 7.11 Å². The summed E-state index contributed by atoms with van der Waals surface area (Å²) in [7, 11) is 1.68. The van der Waals surface area contributed by atoms with E-state index in [4.69, 9.17) is 10.5 Å². The Morgan fingerprint density at radius 2 is 1.56 bits per heavy atom. The van der Waals surface area contributed by atoms with E-state index >= 15 is 0 Å². The second kappa shape index (κ2) is 5.75. The maximum Gasteiger partial charge on any atom is 0.118 e. The van der Waals surface area contributed by atoms with Gasteiger partial charge in [0.15, 0.2) is 0 Å². The fraction of sp³-hybridized carbons (Fsp3) is 0.625. The van der Waals surface area contributed by atoms with Gasteiger partial charge in [-0.05, 0) is 42.9 Å². The molecule has 0 aliphatic heterocycles. The van der Waals surface area contributed by atoms with Crippen LogP contribution in [0, 0.1) is 5.41 Å². The van der Waals surface area contributed by atoms with Gasteiger partial charge in [0.1, 0.15) is 5.75 Å². The van der Waals surface area contributed by atoms with Gasteiger partial charge in [-0.15, -0.1) is 0 Å². The molecule has 1 rings (SSSR count). The lowest BCUT2D eigenvalue weighted by Gasteiger charge is -2.27. The minimum Gasteiger partial charge on any atom is -0.497 e. The summed E-state index contributed by atoms with van der Waals surface area (Å²) in [6.45, 7) is 8.92. The van der Waals surface area contributed by atoms with Crippen LogP contribution in [0.3, 0.4) is 0 Å². The van der Waals surface area contributed by atoms with Crippen LogP contribution in [-0.2, 0) is 5.54 Å². The molecule has 2 heteroatoms. The van der Waals surface area contributed by atoms with Gasteiger partial charge in [-0.1, -0.05) is 39.3 Å². The zero-order chi connectivity index (χ0) is 13.8. The van der Waals surface area contributed by atoms with Gasteiger partial charge < -0.3 is 10.5 Å². The van der Waals surface area contributed by atoms with Gasteiger partial charge in [0.25, 0.3) is 0 Å². The highest BCUT2D eigenvalue weighted by atomic mass is 16.5. The van der Waals surface area contributed by atoms with Gasteiger partial charge in [0, 0.05) is 5.54 Å². The number of ether oxygens (including phenoxy) is 1. The molecule has 0 aliphatic rings. The number of hydrogen-bond donors (Lipinski definition) is 1. The molecule has 18 heavy (non-hydrogen) atoms. The second-order valence-electron chi connectivity index (χ2n) is 6.56. The summed E-state index contributed by atoms with van der Waals surface area (Å²) in [6, 6.07) is 8.08. The van der Waals surface area contributed by atoms with Crippen LogP contribution < -0.4 is 10.5 Å². The topological polar surface area (TPSA) is 35.2 Å². The molecule has 0 aromatic heterocycles. The number of rotatable bonds is 5. The van der Waals surface area contributed by atoms with Gasteiger partial charge in [-0.25, -0.2) is 0 Å². The van der Waals surface area contributed by atoms with Gasteiger partial charge in [-0.2, -0.15) is 0 Å². The Hall–Kier alpha value is -1.02. The van der Waals surface area contributed by atoms with Crippen LogP contribution in [0.4, 0.5) is 0 Å². The number of benzene rings is 1. The Balaban J connectivity index is 2.61. The van der Waals surface area contributed by atoms with Crippen LogP contribution in [0.1, 0.15) is 52.5 Å². The van der Waals surface area contributed by atoms with Gasteiger partial charge in [0.2, 0.25) is 0 Å². The number of methoxy groups -OCH3 is 1. The zero-order valence-corrected chi connectivity index (χ0v) is 12.4. The Morgan fingerprint density at radius 3 is 2.00 bits per heavy atom. The molecule has 0 heterocycles. The minimum atomic E-state index is -0.252. The summed E-state index contributed by atoms with van der Waals surface area (Å²) < 4.78 is 5.17. The Kier molecular flexibility index (Phi) is 4.80. The number of nitrogens with two attached hydrogens (primary N) is 1. The van der Waals surface area contributed by atoms with Crippen molar-refractivity contribution in [1.82, 2.24) is 0 Å². The summed E-state index contributed by atoms with van der Waals surface area (Å²) in [5, 5.41) is 0. The average molecular weight is 249 g/mol. The quantitative estimate of drug-likeness (QED) is 0.853. The summed E-state index contributed by atoms with van der Waals surface area (Å²) in [4.78, 5) is 0. The van der Waals surface area contributed by atoms with Crippen molar-refractivity contribution in [1.29, 1.82) is 0 Å². The minimum absolute atomic E-state index is 0.252. The predicted octanol–water partition coefficient (Wildman–Crippen LogP) is 4.09. The SMILES string of the molecule is COc1ccc(C(C)(N)CCCC(C)(C)C)cc1. The van der Waals surface area contributed by atoms with Crippen molar-refractivity contribution < 1.29 is 4.74 Å². The largest absolute Gasteiger partial charge is 0.497 e. The predicted molar refractivity (Wildman–Crippen MR) is 77.8 cm³/mol. The van der Waals surface area contributed by atoms with Crippen LogP contribution in [0.25, 0.3) is 0 Å². The van der Waals surface area contributed by atoms with Crippen LogP contribution >= 0.6 is 0 Å². The fourth-order valence-electron chi connectivity index (χ4n) is 2.10. The molecule has 2 N–H and O–H groups in total. The number of hydrogen-bond acceptors (Lipinski definition) is 2. The Bertz CT molecular complexity index is 360. The third-order valence-corrected chi connectivity index (χ3v) is 3.37. The zero-order valence-electron chi connectivity index (χ0n) is 12.4. The normalized spacial score (nSPS) is 15.2. The molecular weight excluding hydrogens is 222 g/mol. The van der Waals surface area contributed by atoms with Gasteiger partial charge >= 0.3 is 0 Å². The molecule has 0 spiro atoms. The molecule has 1 aromatic rings. The van der Waals surface area contributed by atoms with Crippen LogP contribution in [0.5, 0.6) is 5.75 Å². The molecule has 0 saturated heterocycles. The van der Waals surface area contributed by atoms with Crippen molar-refractivity contribution in [2.45, 2.75) is 52.5 Å². The molecule has 0 aliphatic carbocycles. The van der Waals surface area contributed by atoms with Crippen molar-refractivity contribution in [3.05, 3.63) is 29.8 Å². The fourth-order valence-corrected chi connectivity index (χ4v) is 2.10. The van der Waals surface area contributed by atoms with E-state index < -0.39 is 0 Å². The third kappa shape index (κ3) is 4.69. The Morgan fingerprint density at radius 1 is 1.00 bits per heavy atom. The van der Waals surface area contributed by atoms with E-state index in [1.165, 1.54) is 12.0 Å². The molecular formula is C16H27NO. The van der Waals surface area contributed by atoms with E-state index in [1.54, 1.807) is 7.11 Å². The molecule has 102 valence electrons. The van der Waals surface area contributed by atoms with Gasteiger partial charge in [0.05, 0.1) is 7.11 Å². The van der Waals surface area contributed by atoms with E-state index in [0.29, 0.717) is 5.41 Å². The van der Waals surface area contributed by atoms with E-state index in [1.807, 2.05) is 12.1 Å². The molecule has 0 fully saturated rings.